The predicted octanol–water partition coefficient (Wildman–Crippen LogP) is 4.24. The Morgan fingerprint density at radius 1 is 1.22 bits per heavy atom. The average molecular weight is 387 g/mol. The van der Waals surface area contributed by atoms with Crippen molar-refractivity contribution in [1.29, 1.82) is 0 Å². The molecule has 1 aliphatic heterocycles. The molecular formula is C22H27ClN2O2. The summed E-state index contributed by atoms with van der Waals surface area (Å²) in [5, 5.41) is 2.16. The van der Waals surface area contributed by atoms with Crippen LogP contribution in [0.15, 0.2) is 42.5 Å². The molecule has 1 heterocycles. The minimum absolute atomic E-state index is 0.405. The molecule has 0 saturated carbocycles. The molecule has 1 aliphatic rings. The molecule has 1 saturated heterocycles. The van der Waals surface area contributed by atoms with Gasteiger partial charge in [-0.2, -0.15) is 0 Å². The number of benzene rings is 2. The van der Waals surface area contributed by atoms with Crippen LogP contribution in [0.25, 0.3) is 0 Å². The Labute approximate surface area is 166 Å². The van der Waals surface area contributed by atoms with Gasteiger partial charge in [0.2, 0.25) is 5.06 Å². The van der Waals surface area contributed by atoms with Gasteiger partial charge in [-0.15, -0.1) is 0 Å². The van der Waals surface area contributed by atoms with Crippen LogP contribution in [-0.2, 0) is 16.2 Å². The average Bonchev–Trinajstić information content (AvgIpc) is 2.68. The molecule has 27 heavy (non-hydrogen) atoms. The maximum atomic E-state index is 12.8. The van der Waals surface area contributed by atoms with Gasteiger partial charge in [0.05, 0.1) is 5.56 Å². The Kier molecular flexibility index (Phi) is 6.08. The number of ether oxygens (including phenoxy) is 1. The first-order valence-corrected chi connectivity index (χ1v) is 9.87. The summed E-state index contributed by atoms with van der Waals surface area (Å²) in [5.41, 5.74) is 4.67. The van der Waals surface area contributed by atoms with Gasteiger partial charge in [0.15, 0.2) is 0 Å². The summed E-state index contributed by atoms with van der Waals surface area (Å²) in [7, 11) is 0. The van der Waals surface area contributed by atoms with E-state index in [1.807, 2.05) is 49.4 Å². The number of carbonyl (C=O) groups excluding carboxylic acids is 1. The largest absolute Gasteiger partial charge is 0.435 e. The van der Waals surface area contributed by atoms with Crippen molar-refractivity contribution < 1.29 is 9.53 Å². The quantitative estimate of drug-likeness (QED) is 0.616. The highest BCUT2D eigenvalue weighted by atomic mass is 35.5. The second kappa shape index (κ2) is 8.32. The standard InChI is InChI=1S/C22H27ClN2O2/c1-4-17-15-18(9-10-20(17)25-13-11-24-12-14-25)21(26)27-22(3,23)19-8-6-5-7-16(19)2/h5-10,15,24H,4,11-14H2,1-3H3. The highest BCUT2D eigenvalue weighted by Gasteiger charge is 2.30. The van der Waals surface area contributed by atoms with E-state index in [-0.39, 0.29) is 0 Å². The summed E-state index contributed by atoms with van der Waals surface area (Å²) in [6, 6.07) is 13.5. The molecule has 4 nitrogen and oxygen atoms in total. The highest BCUT2D eigenvalue weighted by molar-refractivity contribution is 6.23. The second-order valence-electron chi connectivity index (χ2n) is 7.06. The normalized spacial score (nSPS) is 16.7. The summed E-state index contributed by atoms with van der Waals surface area (Å²) in [4.78, 5) is 15.1. The van der Waals surface area contributed by atoms with Crippen LogP contribution < -0.4 is 10.2 Å². The number of hydrogen-bond donors (Lipinski definition) is 1. The fraction of sp³-hybridized carbons (Fsp3) is 0.409. The third-order valence-electron chi connectivity index (χ3n) is 5.06. The Balaban J connectivity index is 1.81. The minimum Gasteiger partial charge on any atom is -0.435 e. The molecule has 0 aliphatic carbocycles. The third kappa shape index (κ3) is 4.45. The molecular weight excluding hydrogens is 360 g/mol. The highest BCUT2D eigenvalue weighted by Crippen LogP contribution is 2.33. The lowest BCUT2D eigenvalue weighted by Gasteiger charge is -2.31. The van der Waals surface area contributed by atoms with Gasteiger partial charge >= 0.3 is 5.97 Å². The van der Waals surface area contributed by atoms with E-state index in [4.69, 9.17) is 16.3 Å². The van der Waals surface area contributed by atoms with Crippen molar-refractivity contribution in [3.8, 4) is 0 Å². The summed E-state index contributed by atoms with van der Waals surface area (Å²) in [6.45, 7) is 9.69. The molecule has 0 spiro atoms. The third-order valence-corrected chi connectivity index (χ3v) is 5.35. The van der Waals surface area contributed by atoms with E-state index < -0.39 is 11.0 Å². The molecule has 0 bridgehead atoms. The molecule has 2 aromatic carbocycles. The zero-order valence-corrected chi connectivity index (χ0v) is 17.0. The number of rotatable bonds is 5. The molecule has 1 fully saturated rings. The van der Waals surface area contributed by atoms with Crippen LogP contribution in [0.1, 0.15) is 40.9 Å². The number of anilines is 1. The second-order valence-corrected chi connectivity index (χ2v) is 7.78. The number of nitrogens with zero attached hydrogens (tertiary/aromatic N) is 1. The molecule has 0 aromatic heterocycles. The van der Waals surface area contributed by atoms with Crippen LogP contribution in [0.5, 0.6) is 0 Å². The van der Waals surface area contributed by atoms with Gasteiger partial charge in [-0.3, -0.25) is 0 Å². The number of nitrogens with one attached hydrogen (secondary N) is 1. The van der Waals surface area contributed by atoms with Crippen LogP contribution >= 0.6 is 11.6 Å². The minimum atomic E-state index is -1.20. The van der Waals surface area contributed by atoms with Crippen molar-refractivity contribution in [2.24, 2.45) is 0 Å². The SMILES string of the molecule is CCc1cc(C(=O)OC(C)(Cl)c2ccccc2C)ccc1N1CCNCC1. The lowest BCUT2D eigenvalue weighted by molar-refractivity contribution is 0.0213. The van der Waals surface area contributed by atoms with Crippen molar-refractivity contribution in [2.45, 2.75) is 32.3 Å². The van der Waals surface area contributed by atoms with Gasteiger partial charge in [0.25, 0.3) is 0 Å². The number of alkyl halides is 1. The molecule has 5 heteroatoms. The van der Waals surface area contributed by atoms with E-state index in [0.29, 0.717) is 5.56 Å². The summed E-state index contributed by atoms with van der Waals surface area (Å²) in [6.07, 6.45) is 0.857. The van der Waals surface area contributed by atoms with Crippen LogP contribution in [0.3, 0.4) is 0 Å². The fourth-order valence-electron chi connectivity index (χ4n) is 3.57. The van der Waals surface area contributed by atoms with Gasteiger partial charge in [-0.1, -0.05) is 42.8 Å². The van der Waals surface area contributed by atoms with Crippen LogP contribution in [-0.4, -0.2) is 32.1 Å². The van der Waals surface area contributed by atoms with E-state index in [1.165, 1.54) is 5.69 Å². The number of halogens is 1. The van der Waals surface area contributed by atoms with Crippen LogP contribution in [0.2, 0.25) is 0 Å². The summed E-state index contributed by atoms with van der Waals surface area (Å²) >= 11 is 6.58. The van der Waals surface area contributed by atoms with Crippen molar-refractivity contribution in [1.82, 2.24) is 5.32 Å². The Morgan fingerprint density at radius 3 is 2.59 bits per heavy atom. The van der Waals surface area contributed by atoms with Crippen LogP contribution in [0.4, 0.5) is 5.69 Å². The first kappa shape index (κ1) is 19.7. The molecule has 3 rings (SSSR count). The lowest BCUT2D eigenvalue weighted by Crippen LogP contribution is -2.43. The Morgan fingerprint density at radius 2 is 1.93 bits per heavy atom. The van der Waals surface area contributed by atoms with Crippen molar-refractivity contribution in [2.75, 3.05) is 31.1 Å². The maximum absolute atomic E-state index is 12.8. The van der Waals surface area contributed by atoms with E-state index in [2.05, 4.69) is 17.1 Å². The van der Waals surface area contributed by atoms with Gasteiger partial charge in [-0.25, -0.2) is 4.79 Å². The van der Waals surface area contributed by atoms with E-state index >= 15 is 0 Å². The fourth-order valence-corrected chi connectivity index (χ4v) is 3.85. The van der Waals surface area contributed by atoms with Crippen molar-refractivity contribution in [3.63, 3.8) is 0 Å². The van der Waals surface area contributed by atoms with E-state index in [9.17, 15) is 4.79 Å². The Hall–Kier alpha value is -2.04. The van der Waals surface area contributed by atoms with Gasteiger partial charge in [0.1, 0.15) is 0 Å². The molecule has 1 unspecified atom stereocenters. The molecule has 1 N–H and O–H groups in total. The number of aryl methyl sites for hydroxylation is 2. The topological polar surface area (TPSA) is 41.6 Å². The maximum Gasteiger partial charge on any atom is 0.340 e. The summed E-state index contributed by atoms with van der Waals surface area (Å²) < 4.78 is 5.68. The monoisotopic (exact) mass is 386 g/mol. The first-order valence-electron chi connectivity index (χ1n) is 9.49. The predicted molar refractivity (Wildman–Crippen MR) is 111 cm³/mol. The van der Waals surface area contributed by atoms with E-state index in [1.54, 1.807) is 6.92 Å². The summed E-state index contributed by atoms with van der Waals surface area (Å²) in [5.74, 6) is -0.405. The van der Waals surface area contributed by atoms with Gasteiger partial charge in [0, 0.05) is 37.4 Å². The van der Waals surface area contributed by atoms with E-state index in [0.717, 1.165) is 49.3 Å². The molecule has 1 atom stereocenters. The Bertz CT molecular complexity index is 814. The van der Waals surface area contributed by atoms with Crippen molar-refractivity contribution >= 4 is 23.3 Å². The van der Waals surface area contributed by atoms with Crippen LogP contribution in [0, 0.1) is 6.92 Å². The van der Waals surface area contributed by atoms with Gasteiger partial charge < -0.3 is 15.0 Å². The number of piperazine rings is 1. The van der Waals surface area contributed by atoms with Crippen molar-refractivity contribution in [3.05, 3.63) is 64.7 Å². The molecule has 144 valence electrons. The number of esters is 1. The molecule has 0 radical (unpaired) electrons. The zero-order valence-electron chi connectivity index (χ0n) is 16.2. The molecule has 2 aromatic rings. The smallest absolute Gasteiger partial charge is 0.340 e. The lowest BCUT2D eigenvalue weighted by atomic mass is 10.0. The molecule has 0 amide bonds. The first-order chi connectivity index (χ1) is 12.9. The number of hydrogen-bond acceptors (Lipinski definition) is 4. The number of carbonyl (C=O) groups is 1. The zero-order chi connectivity index (χ0) is 19.4. The van der Waals surface area contributed by atoms with Gasteiger partial charge in [-0.05, 0) is 49.6 Å².